The lowest BCUT2D eigenvalue weighted by molar-refractivity contribution is -0.384. The van der Waals surface area contributed by atoms with E-state index in [4.69, 9.17) is 0 Å². The van der Waals surface area contributed by atoms with E-state index < -0.39 is 10.8 Å². The summed E-state index contributed by atoms with van der Waals surface area (Å²) >= 11 is 0. The normalized spacial score (nSPS) is 10.4. The molecule has 1 amide bonds. The molecule has 0 fully saturated rings. The second-order valence-corrected chi connectivity index (χ2v) is 5.87. The number of carbonyl (C=O) groups is 1. The zero-order valence-corrected chi connectivity index (χ0v) is 14.7. The molecule has 1 aromatic heterocycles. The first-order valence-electron chi connectivity index (χ1n) is 8.08. The number of hydrogen-bond acceptors (Lipinski definition) is 7. The van der Waals surface area contributed by atoms with E-state index in [0.717, 1.165) is 11.3 Å². The lowest BCUT2D eigenvalue weighted by atomic mass is 10.2. The topological polar surface area (TPSA) is 128 Å². The Labute approximate surface area is 154 Å². The van der Waals surface area contributed by atoms with Crippen molar-refractivity contribution in [2.24, 2.45) is 0 Å². The van der Waals surface area contributed by atoms with Gasteiger partial charge in [-0.1, -0.05) is 12.1 Å². The van der Waals surface area contributed by atoms with Gasteiger partial charge in [0.15, 0.2) is 5.82 Å². The number of hydrogen-bond donors (Lipinski definition) is 2. The van der Waals surface area contributed by atoms with E-state index in [0.29, 0.717) is 11.5 Å². The third-order valence-electron chi connectivity index (χ3n) is 3.79. The molecule has 0 saturated heterocycles. The lowest BCUT2D eigenvalue weighted by Gasteiger charge is -2.10. The van der Waals surface area contributed by atoms with Crippen LogP contribution in [0.4, 0.5) is 17.1 Å². The van der Waals surface area contributed by atoms with E-state index in [9.17, 15) is 14.9 Å². The quantitative estimate of drug-likeness (QED) is 0.505. The molecule has 0 aliphatic rings. The maximum absolute atomic E-state index is 12.2. The Hall–Kier alpha value is -3.82. The molecule has 0 radical (unpaired) electrons. The Kier molecular flexibility index (Phi) is 5.06. The number of anilines is 2. The van der Waals surface area contributed by atoms with Crippen molar-refractivity contribution in [1.82, 2.24) is 20.2 Å². The number of nitro groups is 1. The van der Waals surface area contributed by atoms with Crippen molar-refractivity contribution in [1.29, 1.82) is 0 Å². The van der Waals surface area contributed by atoms with Gasteiger partial charge in [0, 0.05) is 11.8 Å². The molecule has 138 valence electrons. The van der Waals surface area contributed by atoms with Crippen LogP contribution in [0.5, 0.6) is 0 Å². The highest BCUT2D eigenvalue weighted by atomic mass is 16.6. The molecular weight excluding hydrogens is 350 g/mol. The van der Waals surface area contributed by atoms with Crippen LogP contribution in [0.3, 0.4) is 0 Å². The van der Waals surface area contributed by atoms with Gasteiger partial charge < -0.3 is 10.6 Å². The number of tetrazole rings is 1. The number of rotatable bonds is 6. The second-order valence-electron chi connectivity index (χ2n) is 5.87. The summed E-state index contributed by atoms with van der Waals surface area (Å²) in [5.41, 5.74) is 2.20. The third-order valence-corrected chi connectivity index (χ3v) is 3.79. The fourth-order valence-corrected chi connectivity index (χ4v) is 2.49. The van der Waals surface area contributed by atoms with Crippen LogP contribution >= 0.6 is 0 Å². The molecule has 0 saturated carbocycles. The highest BCUT2D eigenvalue weighted by Gasteiger charge is 2.16. The van der Waals surface area contributed by atoms with Gasteiger partial charge in [0.05, 0.1) is 17.2 Å². The summed E-state index contributed by atoms with van der Waals surface area (Å²) in [7, 11) is 0. The number of amides is 1. The molecule has 0 atom stereocenters. The van der Waals surface area contributed by atoms with Crippen molar-refractivity contribution >= 4 is 23.0 Å². The van der Waals surface area contributed by atoms with Crippen LogP contribution in [-0.2, 0) is 4.79 Å². The monoisotopic (exact) mass is 367 g/mol. The highest BCUT2D eigenvalue weighted by molar-refractivity contribution is 5.95. The first-order chi connectivity index (χ1) is 12.9. The Bertz CT molecular complexity index is 1000. The summed E-state index contributed by atoms with van der Waals surface area (Å²) in [6, 6.07) is 11.9. The van der Waals surface area contributed by atoms with E-state index >= 15 is 0 Å². The second kappa shape index (κ2) is 7.60. The summed E-state index contributed by atoms with van der Waals surface area (Å²) in [5, 5.41) is 28.0. The molecule has 3 rings (SSSR count). The highest BCUT2D eigenvalue weighted by Crippen LogP contribution is 2.25. The van der Waals surface area contributed by atoms with Crippen molar-refractivity contribution in [3.8, 4) is 5.69 Å². The predicted octanol–water partition coefficient (Wildman–Crippen LogP) is 2.24. The van der Waals surface area contributed by atoms with Crippen molar-refractivity contribution < 1.29 is 9.72 Å². The van der Waals surface area contributed by atoms with E-state index in [2.05, 4.69) is 26.2 Å². The van der Waals surface area contributed by atoms with E-state index in [-0.39, 0.29) is 17.9 Å². The van der Waals surface area contributed by atoms with E-state index in [1.807, 2.05) is 12.1 Å². The summed E-state index contributed by atoms with van der Waals surface area (Å²) in [6.07, 6.45) is 0. The number of nitro benzene ring substituents is 1. The minimum Gasteiger partial charge on any atom is -0.376 e. The van der Waals surface area contributed by atoms with Gasteiger partial charge in [0.2, 0.25) is 5.91 Å². The molecule has 0 spiro atoms. The van der Waals surface area contributed by atoms with Gasteiger partial charge in [-0.05, 0) is 54.1 Å². The fourth-order valence-electron chi connectivity index (χ4n) is 2.49. The van der Waals surface area contributed by atoms with Crippen LogP contribution in [0.1, 0.15) is 11.4 Å². The first kappa shape index (κ1) is 18.0. The minimum absolute atomic E-state index is 0.0525. The van der Waals surface area contributed by atoms with Gasteiger partial charge in [-0.25, -0.2) is 0 Å². The average molecular weight is 367 g/mol. The molecule has 27 heavy (non-hydrogen) atoms. The summed E-state index contributed by atoms with van der Waals surface area (Å²) < 4.78 is 1.57. The fraction of sp³-hybridized carbons (Fsp3) is 0.176. The predicted molar refractivity (Wildman–Crippen MR) is 98.8 cm³/mol. The molecule has 0 bridgehead atoms. The number of carbonyl (C=O) groups excluding carboxylic acids is 1. The van der Waals surface area contributed by atoms with Crippen molar-refractivity contribution in [3.05, 3.63) is 64.0 Å². The molecule has 10 nitrogen and oxygen atoms in total. The van der Waals surface area contributed by atoms with Crippen LogP contribution in [0.2, 0.25) is 0 Å². The van der Waals surface area contributed by atoms with Crippen LogP contribution in [0, 0.1) is 24.0 Å². The Balaban J connectivity index is 1.67. The molecule has 3 aromatic rings. The standard InChI is InChI=1S/C17H17N7O3/c1-11-6-7-15(16(8-11)24(26)27)19-17(25)10-18-13-4-3-5-14(9-13)23-12(2)20-21-22-23/h3-9,18H,10H2,1-2H3,(H,19,25). The SMILES string of the molecule is Cc1ccc(NC(=O)CNc2cccc(-n3nnnc3C)c2)c([N+](=O)[O-])c1. The van der Waals surface area contributed by atoms with Crippen LogP contribution in [-0.4, -0.2) is 37.6 Å². The van der Waals surface area contributed by atoms with Gasteiger partial charge in [-0.2, -0.15) is 4.68 Å². The minimum atomic E-state index is -0.520. The molecule has 1 heterocycles. The molecule has 0 aliphatic heterocycles. The molecule has 2 N–H and O–H groups in total. The van der Waals surface area contributed by atoms with Gasteiger partial charge in [0.25, 0.3) is 5.69 Å². The zero-order valence-electron chi connectivity index (χ0n) is 14.7. The van der Waals surface area contributed by atoms with Crippen LogP contribution in [0.25, 0.3) is 5.69 Å². The Morgan fingerprint density at radius 3 is 2.74 bits per heavy atom. The number of benzene rings is 2. The smallest absolute Gasteiger partial charge is 0.293 e. The third kappa shape index (κ3) is 4.24. The van der Waals surface area contributed by atoms with Crippen molar-refractivity contribution in [2.45, 2.75) is 13.8 Å². The van der Waals surface area contributed by atoms with Gasteiger partial charge in [-0.15, -0.1) is 5.10 Å². The molecule has 2 aromatic carbocycles. The van der Waals surface area contributed by atoms with Gasteiger partial charge in [-0.3, -0.25) is 14.9 Å². The van der Waals surface area contributed by atoms with Crippen LogP contribution < -0.4 is 10.6 Å². The molecule has 10 heteroatoms. The maximum atomic E-state index is 12.2. The number of nitrogens with zero attached hydrogens (tertiary/aromatic N) is 5. The average Bonchev–Trinajstić information content (AvgIpc) is 3.07. The zero-order chi connectivity index (χ0) is 19.4. The Morgan fingerprint density at radius 2 is 2.04 bits per heavy atom. The Morgan fingerprint density at radius 1 is 1.22 bits per heavy atom. The first-order valence-corrected chi connectivity index (χ1v) is 8.08. The van der Waals surface area contributed by atoms with Gasteiger partial charge >= 0.3 is 0 Å². The van der Waals surface area contributed by atoms with Crippen LogP contribution in [0.15, 0.2) is 42.5 Å². The number of aryl methyl sites for hydroxylation is 2. The summed E-state index contributed by atoms with van der Waals surface area (Å²) in [5.74, 6) is 0.238. The number of aromatic nitrogens is 4. The van der Waals surface area contributed by atoms with E-state index in [1.54, 1.807) is 36.7 Å². The molecular formula is C17H17N7O3. The molecule has 0 aliphatic carbocycles. The summed E-state index contributed by atoms with van der Waals surface area (Å²) in [6.45, 7) is 3.48. The maximum Gasteiger partial charge on any atom is 0.293 e. The van der Waals surface area contributed by atoms with E-state index in [1.165, 1.54) is 12.1 Å². The van der Waals surface area contributed by atoms with Crippen molar-refractivity contribution in [3.63, 3.8) is 0 Å². The van der Waals surface area contributed by atoms with Crippen molar-refractivity contribution in [2.75, 3.05) is 17.2 Å². The largest absolute Gasteiger partial charge is 0.376 e. The van der Waals surface area contributed by atoms with Gasteiger partial charge in [0.1, 0.15) is 5.69 Å². The number of nitrogens with one attached hydrogen (secondary N) is 2. The summed E-state index contributed by atoms with van der Waals surface area (Å²) in [4.78, 5) is 22.8. The lowest BCUT2D eigenvalue weighted by Crippen LogP contribution is -2.22. The molecule has 0 unspecified atom stereocenters.